The first-order valence-electron chi connectivity index (χ1n) is 6.47. The van der Waals surface area contributed by atoms with E-state index in [1.807, 2.05) is 0 Å². The van der Waals surface area contributed by atoms with Crippen LogP contribution in [0.15, 0.2) is 24.3 Å². The predicted molar refractivity (Wildman–Crippen MR) is 72.8 cm³/mol. The smallest absolute Gasteiger partial charge is 0.251 e. The summed E-state index contributed by atoms with van der Waals surface area (Å²) in [4.78, 5) is 14.1. The second-order valence-corrected chi connectivity index (χ2v) is 4.18. The Morgan fingerprint density at radius 3 is 2.39 bits per heavy atom. The number of hydrogen-bond donors (Lipinski definition) is 2. The van der Waals surface area contributed by atoms with Crippen LogP contribution in [-0.4, -0.2) is 42.1 Å². The van der Waals surface area contributed by atoms with E-state index >= 15 is 0 Å². The zero-order valence-corrected chi connectivity index (χ0v) is 11.1. The van der Waals surface area contributed by atoms with Gasteiger partial charge in [-0.3, -0.25) is 4.79 Å². The number of rotatable bonds is 7. The summed E-state index contributed by atoms with van der Waals surface area (Å²) in [6.45, 7) is 8.04. The van der Waals surface area contributed by atoms with Gasteiger partial charge in [0, 0.05) is 12.1 Å². The van der Waals surface area contributed by atoms with Crippen LogP contribution >= 0.6 is 0 Å². The second-order valence-electron chi connectivity index (χ2n) is 4.18. The number of aromatic hydroxyl groups is 1. The summed E-state index contributed by atoms with van der Waals surface area (Å²) in [5, 5.41) is 12.0. The van der Waals surface area contributed by atoms with Crippen LogP contribution in [0.25, 0.3) is 0 Å². The molecule has 0 atom stereocenters. The van der Waals surface area contributed by atoms with Gasteiger partial charge in [-0.15, -0.1) is 0 Å². The molecule has 1 aromatic rings. The van der Waals surface area contributed by atoms with Gasteiger partial charge in [0.15, 0.2) is 0 Å². The first-order valence-corrected chi connectivity index (χ1v) is 6.47. The van der Waals surface area contributed by atoms with Crippen LogP contribution < -0.4 is 5.32 Å². The number of nitrogens with one attached hydrogen (secondary N) is 1. The number of amides is 1. The van der Waals surface area contributed by atoms with Crippen molar-refractivity contribution in [3.63, 3.8) is 0 Å². The minimum Gasteiger partial charge on any atom is -0.508 e. The van der Waals surface area contributed by atoms with Crippen molar-refractivity contribution in [2.45, 2.75) is 20.3 Å². The first-order chi connectivity index (χ1) is 8.67. The van der Waals surface area contributed by atoms with Gasteiger partial charge in [0.1, 0.15) is 5.75 Å². The SMILES string of the molecule is CCN(CC)CCCNC(=O)c1ccc(O)cc1. The molecule has 0 radical (unpaired) electrons. The summed E-state index contributed by atoms with van der Waals surface area (Å²) in [7, 11) is 0. The number of phenols is 1. The lowest BCUT2D eigenvalue weighted by molar-refractivity contribution is 0.0952. The standard InChI is InChI=1S/C14H22N2O2/c1-3-16(4-2)11-5-10-15-14(18)12-6-8-13(17)9-7-12/h6-9,17H,3-5,10-11H2,1-2H3,(H,15,18). The van der Waals surface area contributed by atoms with Gasteiger partial charge in [0.05, 0.1) is 0 Å². The summed E-state index contributed by atoms with van der Waals surface area (Å²) >= 11 is 0. The minimum atomic E-state index is -0.0884. The lowest BCUT2D eigenvalue weighted by Gasteiger charge is -2.17. The van der Waals surface area contributed by atoms with Crippen molar-refractivity contribution in [3.05, 3.63) is 29.8 Å². The molecule has 0 saturated carbocycles. The zero-order chi connectivity index (χ0) is 13.4. The van der Waals surface area contributed by atoms with Crippen molar-refractivity contribution in [1.29, 1.82) is 0 Å². The van der Waals surface area contributed by atoms with Gasteiger partial charge >= 0.3 is 0 Å². The van der Waals surface area contributed by atoms with Crippen LogP contribution in [-0.2, 0) is 0 Å². The van der Waals surface area contributed by atoms with E-state index in [4.69, 9.17) is 5.11 Å². The lowest BCUT2D eigenvalue weighted by Crippen LogP contribution is -2.29. The highest BCUT2D eigenvalue weighted by molar-refractivity contribution is 5.94. The molecular weight excluding hydrogens is 228 g/mol. The van der Waals surface area contributed by atoms with Crippen molar-refractivity contribution in [2.24, 2.45) is 0 Å². The number of carbonyl (C=O) groups excluding carboxylic acids is 1. The van der Waals surface area contributed by atoms with Crippen molar-refractivity contribution in [3.8, 4) is 5.75 Å². The molecule has 1 amide bonds. The maximum absolute atomic E-state index is 11.7. The fourth-order valence-electron chi connectivity index (χ4n) is 1.76. The van der Waals surface area contributed by atoms with Crippen LogP contribution in [0, 0.1) is 0 Å². The van der Waals surface area contributed by atoms with E-state index in [1.165, 1.54) is 12.1 Å². The number of phenolic OH excluding ortho intramolecular Hbond substituents is 1. The van der Waals surface area contributed by atoms with E-state index in [2.05, 4.69) is 24.1 Å². The van der Waals surface area contributed by atoms with Gasteiger partial charge in [-0.05, 0) is 50.3 Å². The summed E-state index contributed by atoms with van der Waals surface area (Å²) in [6.07, 6.45) is 0.950. The summed E-state index contributed by atoms with van der Waals surface area (Å²) in [5.74, 6) is 0.0858. The van der Waals surface area contributed by atoms with E-state index < -0.39 is 0 Å². The monoisotopic (exact) mass is 250 g/mol. The van der Waals surface area contributed by atoms with Crippen LogP contribution in [0.1, 0.15) is 30.6 Å². The third kappa shape index (κ3) is 4.75. The minimum absolute atomic E-state index is 0.0884. The summed E-state index contributed by atoms with van der Waals surface area (Å²) in [5.41, 5.74) is 0.579. The largest absolute Gasteiger partial charge is 0.508 e. The molecule has 0 aliphatic heterocycles. The van der Waals surface area contributed by atoms with Gasteiger partial charge in [0.2, 0.25) is 0 Å². The van der Waals surface area contributed by atoms with Crippen LogP contribution in [0.2, 0.25) is 0 Å². The number of benzene rings is 1. The number of hydrogen-bond acceptors (Lipinski definition) is 3. The first kappa shape index (κ1) is 14.5. The number of nitrogens with zero attached hydrogens (tertiary/aromatic N) is 1. The molecule has 0 aromatic heterocycles. The number of carbonyl (C=O) groups is 1. The molecule has 4 nitrogen and oxygen atoms in total. The summed E-state index contributed by atoms with van der Waals surface area (Å²) < 4.78 is 0. The van der Waals surface area contributed by atoms with E-state index in [0.29, 0.717) is 12.1 Å². The Morgan fingerprint density at radius 2 is 1.83 bits per heavy atom. The molecule has 4 heteroatoms. The molecule has 18 heavy (non-hydrogen) atoms. The molecule has 2 N–H and O–H groups in total. The molecule has 0 spiro atoms. The van der Waals surface area contributed by atoms with Crippen LogP contribution in [0.5, 0.6) is 5.75 Å². The highest BCUT2D eigenvalue weighted by Crippen LogP contribution is 2.09. The highest BCUT2D eigenvalue weighted by atomic mass is 16.3. The van der Waals surface area contributed by atoms with Crippen LogP contribution in [0.4, 0.5) is 0 Å². The fraction of sp³-hybridized carbons (Fsp3) is 0.500. The van der Waals surface area contributed by atoms with E-state index in [0.717, 1.165) is 26.1 Å². The Balaban J connectivity index is 2.27. The normalized spacial score (nSPS) is 10.6. The van der Waals surface area contributed by atoms with Gasteiger partial charge in [0.25, 0.3) is 5.91 Å². The molecular formula is C14H22N2O2. The molecule has 1 aromatic carbocycles. The van der Waals surface area contributed by atoms with Crippen molar-refractivity contribution < 1.29 is 9.90 Å². The Labute approximate surface area is 109 Å². The lowest BCUT2D eigenvalue weighted by atomic mass is 10.2. The van der Waals surface area contributed by atoms with Crippen molar-refractivity contribution in [1.82, 2.24) is 10.2 Å². The van der Waals surface area contributed by atoms with Gasteiger partial charge in [-0.25, -0.2) is 0 Å². The average Bonchev–Trinajstić information content (AvgIpc) is 2.39. The topological polar surface area (TPSA) is 52.6 Å². The molecule has 0 aliphatic carbocycles. The van der Waals surface area contributed by atoms with E-state index in [-0.39, 0.29) is 11.7 Å². The van der Waals surface area contributed by atoms with Gasteiger partial charge in [-0.2, -0.15) is 0 Å². The highest BCUT2D eigenvalue weighted by Gasteiger charge is 2.04. The predicted octanol–water partition coefficient (Wildman–Crippen LogP) is 1.85. The third-order valence-electron chi connectivity index (χ3n) is 2.96. The Kier molecular flexibility index (Phi) is 6.22. The Morgan fingerprint density at radius 1 is 1.22 bits per heavy atom. The quantitative estimate of drug-likeness (QED) is 0.726. The van der Waals surface area contributed by atoms with Gasteiger partial charge in [-0.1, -0.05) is 13.8 Å². The summed E-state index contributed by atoms with van der Waals surface area (Å²) in [6, 6.07) is 6.28. The fourth-order valence-corrected chi connectivity index (χ4v) is 1.76. The molecule has 0 unspecified atom stereocenters. The third-order valence-corrected chi connectivity index (χ3v) is 2.96. The zero-order valence-electron chi connectivity index (χ0n) is 11.1. The molecule has 0 heterocycles. The van der Waals surface area contributed by atoms with Gasteiger partial charge < -0.3 is 15.3 Å². The molecule has 0 bridgehead atoms. The van der Waals surface area contributed by atoms with E-state index in [9.17, 15) is 4.79 Å². The van der Waals surface area contributed by atoms with Crippen molar-refractivity contribution >= 4 is 5.91 Å². The maximum atomic E-state index is 11.7. The van der Waals surface area contributed by atoms with Crippen LogP contribution in [0.3, 0.4) is 0 Å². The maximum Gasteiger partial charge on any atom is 0.251 e. The van der Waals surface area contributed by atoms with Crippen molar-refractivity contribution in [2.75, 3.05) is 26.2 Å². The van der Waals surface area contributed by atoms with E-state index in [1.54, 1.807) is 12.1 Å². The molecule has 0 aliphatic rings. The Bertz CT molecular complexity index is 359. The molecule has 0 fully saturated rings. The Hall–Kier alpha value is -1.55. The molecule has 0 saturated heterocycles. The molecule has 1 rings (SSSR count). The molecule has 100 valence electrons. The second kappa shape index (κ2) is 7.71. The average molecular weight is 250 g/mol.